The third kappa shape index (κ3) is 2.61. The lowest BCUT2D eigenvalue weighted by molar-refractivity contribution is -0.139. The molecule has 0 saturated heterocycles. The summed E-state index contributed by atoms with van der Waals surface area (Å²) in [4.78, 5) is 11.5. The summed E-state index contributed by atoms with van der Waals surface area (Å²) in [6, 6.07) is 0. The van der Waals surface area contributed by atoms with Crippen molar-refractivity contribution in [2.24, 2.45) is 5.92 Å². The standard InChI is InChI=1S/C12H16O2/c1-3-11(12(13)14-4-2)10-8-6-5-7-9-10/h6,8,10H,1,4-5,7,9H2,2H3. The van der Waals surface area contributed by atoms with Crippen LogP contribution >= 0.6 is 0 Å². The number of rotatable bonds is 3. The lowest BCUT2D eigenvalue weighted by Crippen LogP contribution is -2.15. The average molecular weight is 192 g/mol. The molecule has 0 radical (unpaired) electrons. The van der Waals surface area contributed by atoms with Crippen molar-refractivity contribution in [3.8, 4) is 0 Å². The van der Waals surface area contributed by atoms with Crippen molar-refractivity contribution in [3.63, 3.8) is 0 Å². The predicted octanol–water partition coefficient (Wildman–Crippen LogP) is 2.62. The summed E-state index contributed by atoms with van der Waals surface area (Å²) in [5.41, 5.74) is 3.27. The van der Waals surface area contributed by atoms with E-state index >= 15 is 0 Å². The van der Waals surface area contributed by atoms with Gasteiger partial charge in [-0.25, -0.2) is 4.79 Å². The number of ether oxygens (including phenoxy) is 1. The third-order valence-corrected chi connectivity index (χ3v) is 2.31. The van der Waals surface area contributed by atoms with Crippen LogP contribution in [0.4, 0.5) is 0 Å². The number of carbonyl (C=O) groups is 1. The summed E-state index contributed by atoms with van der Waals surface area (Å²) in [5, 5.41) is 0. The molecule has 14 heavy (non-hydrogen) atoms. The van der Waals surface area contributed by atoms with E-state index in [0.29, 0.717) is 12.2 Å². The monoisotopic (exact) mass is 192 g/mol. The Bertz CT molecular complexity index is 283. The number of carbonyl (C=O) groups excluding carboxylic acids is 1. The van der Waals surface area contributed by atoms with Crippen molar-refractivity contribution < 1.29 is 9.53 Å². The molecule has 0 aromatic heterocycles. The first-order valence-corrected chi connectivity index (χ1v) is 5.03. The van der Waals surface area contributed by atoms with E-state index in [2.05, 4.69) is 18.4 Å². The molecule has 0 fully saturated rings. The van der Waals surface area contributed by atoms with Crippen LogP contribution in [0.2, 0.25) is 0 Å². The van der Waals surface area contributed by atoms with Crippen LogP contribution in [0.3, 0.4) is 0 Å². The normalized spacial score (nSPS) is 19.9. The lowest BCUT2D eigenvalue weighted by atomic mass is 9.89. The molecule has 1 aliphatic carbocycles. The fourth-order valence-corrected chi connectivity index (χ4v) is 1.62. The summed E-state index contributed by atoms with van der Waals surface area (Å²) in [6.07, 6.45) is 7.36. The molecule has 0 saturated carbocycles. The molecule has 1 rings (SSSR count). The highest BCUT2D eigenvalue weighted by molar-refractivity contribution is 5.89. The molecule has 1 aliphatic rings. The summed E-state index contributed by atoms with van der Waals surface area (Å²) < 4.78 is 4.94. The van der Waals surface area contributed by atoms with Gasteiger partial charge in [0.15, 0.2) is 0 Å². The fraction of sp³-hybridized carbons (Fsp3) is 0.500. The quantitative estimate of drug-likeness (QED) is 0.297. The van der Waals surface area contributed by atoms with Gasteiger partial charge in [0, 0.05) is 5.92 Å². The van der Waals surface area contributed by atoms with Gasteiger partial charge in [-0.15, -0.1) is 5.73 Å². The molecule has 2 nitrogen and oxygen atoms in total. The first-order valence-electron chi connectivity index (χ1n) is 5.03. The molecule has 0 aromatic rings. The minimum atomic E-state index is -0.279. The summed E-state index contributed by atoms with van der Waals surface area (Å²) in [6.45, 7) is 5.75. The topological polar surface area (TPSA) is 26.3 Å². The Morgan fingerprint density at radius 1 is 1.71 bits per heavy atom. The van der Waals surface area contributed by atoms with Gasteiger partial charge in [-0.05, 0) is 26.2 Å². The van der Waals surface area contributed by atoms with Crippen LogP contribution in [0, 0.1) is 5.92 Å². The first-order chi connectivity index (χ1) is 6.79. The highest BCUT2D eigenvalue weighted by Crippen LogP contribution is 2.24. The Morgan fingerprint density at radius 2 is 2.50 bits per heavy atom. The maximum absolute atomic E-state index is 11.5. The second kappa shape index (κ2) is 5.46. The van der Waals surface area contributed by atoms with Crippen LogP contribution in [0.15, 0.2) is 30.0 Å². The van der Waals surface area contributed by atoms with Crippen molar-refractivity contribution >= 4 is 5.97 Å². The van der Waals surface area contributed by atoms with Crippen LogP contribution in [0.25, 0.3) is 0 Å². The van der Waals surface area contributed by atoms with E-state index in [0.717, 1.165) is 19.3 Å². The Kier molecular flexibility index (Phi) is 4.21. The molecular formula is C12H16O2. The molecule has 0 aliphatic heterocycles. The molecule has 1 unspecified atom stereocenters. The molecule has 0 bridgehead atoms. The molecular weight excluding hydrogens is 176 g/mol. The average Bonchev–Trinajstić information content (AvgIpc) is 2.21. The van der Waals surface area contributed by atoms with Gasteiger partial charge in [-0.3, -0.25) is 0 Å². The number of hydrogen-bond donors (Lipinski definition) is 0. The van der Waals surface area contributed by atoms with Gasteiger partial charge in [0.1, 0.15) is 0 Å². The maximum atomic E-state index is 11.5. The highest BCUT2D eigenvalue weighted by Gasteiger charge is 2.20. The van der Waals surface area contributed by atoms with Crippen molar-refractivity contribution in [1.82, 2.24) is 0 Å². The molecule has 0 heterocycles. The third-order valence-electron chi connectivity index (χ3n) is 2.31. The fourth-order valence-electron chi connectivity index (χ4n) is 1.62. The van der Waals surface area contributed by atoms with E-state index in [1.165, 1.54) is 0 Å². The van der Waals surface area contributed by atoms with Crippen LogP contribution in [-0.2, 0) is 9.53 Å². The predicted molar refractivity (Wildman–Crippen MR) is 55.8 cm³/mol. The van der Waals surface area contributed by atoms with E-state index in [-0.39, 0.29) is 11.9 Å². The number of hydrogen-bond acceptors (Lipinski definition) is 2. The maximum Gasteiger partial charge on any atom is 0.342 e. The molecule has 0 amide bonds. The van der Waals surface area contributed by atoms with E-state index < -0.39 is 0 Å². The van der Waals surface area contributed by atoms with Gasteiger partial charge in [-0.2, -0.15) is 0 Å². The zero-order chi connectivity index (χ0) is 10.4. The second-order valence-corrected chi connectivity index (χ2v) is 3.28. The molecule has 2 heteroatoms. The smallest absolute Gasteiger partial charge is 0.342 e. The van der Waals surface area contributed by atoms with Gasteiger partial charge in [-0.1, -0.05) is 18.7 Å². The zero-order valence-corrected chi connectivity index (χ0v) is 8.58. The van der Waals surface area contributed by atoms with Crippen molar-refractivity contribution in [2.75, 3.05) is 6.61 Å². The van der Waals surface area contributed by atoms with E-state index in [9.17, 15) is 4.79 Å². The van der Waals surface area contributed by atoms with Gasteiger partial charge in [0.05, 0.1) is 12.2 Å². The minimum absolute atomic E-state index is 0.153. The lowest BCUT2D eigenvalue weighted by Gasteiger charge is -2.16. The van der Waals surface area contributed by atoms with Gasteiger partial charge in [0.25, 0.3) is 0 Å². The minimum Gasteiger partial charge on any atom is -0.462 e. The van der Waals surface area contributed by atoms with Gasteiger partial charge >= 0.3 is 5.97 Å². The van der Waals surface area contributed by atoms with Crippen molar-refractivity contribution in [3.05, 3.63) is 30.0 Å². The molecule has 0 N–H and O–H groups in total. The molecule has 0 spiro atoms. The van der Waals surface area contributed by atoms with E-state index in [1.807, 2.05) is 6.08 Å². The Labute approximate surface area is 85.0 Å². The number of esters is 1. The number of allylic oxidation sites excluding steroid dienone is 2. The zero-order valence-electron chi connectivity index (χ0n) is 8.58. The summed E-state index contributed by atoms with van der Waals surface area (Å²) in [5.74, 6) is -0.126. The summed E-state index contributed by atoms with van der Waals surface area (Å²) >= 11 is 0. The summed E-state index contributed by atoms with van der Waals surface area (Å²) in [7, 11) is 0. The molecule has 1 atom stereocenters. The molecule has 0 aromatic carbocycles. The Morgan fingerprint density at radius 3 is 3.00 bits per heavy atom. The second-order valence-electron chi connectivity index (χ2n) is 3.28. The van der Waals surface area contributed by atoms with Gasteiger partial charge in [0.2, 0.25) is 0 Å². The van der Waals surface area contributed by atoms with Crippen LogP contribution in [0.5, 0.6) is 0 Å². The highest BCUT2D eigenvalue weighted by atomic mass is 16.5. The van der Waals surface area contributed by atoms with Gasteiger partial charge < -0.3 is 4.74 Å². The van der Waals surface area contributed by atoms with Crippen LogP contribution in [-0.4, -0.2) is 12.6 Å². The van der Waals surface area contributed by atoms with Crippen LogP contribution in [0.1, 0.15) is 26.2 Å². The molecule has 76 valence electrons. The first kappa shape index (κ1) is 10.8. The Hall–Kier alpha value is -1.27. The van der Waals surface area contributed by atoms with E-state index in [1.54, 1.807) is 6.92 Å². The SMILES string of the molecule is C=C=C(C(=O)OCC)C1C=CCCC1. The largest absolute Gasteiger partial charge is 0.462 e. The van der Waals surface area contributed by atoms with E-state index in [4.69, 9.17) is 4.74 Å². The van der Waals surface area contributed by atoms with Crippen molar-refractivity contribution in [2.45, 2.75) is 26.2 Å². The van der Waals surface area contributed by atoms with Crippen molar-refractivity contribution in [1.29, 1.82) is 0 Å². The Balaban J connectivity index is 2.71. The van der Waals surface area contributed by atoms with Crippen LogP contribution < -0.4 is 0 Å².